The Balaban J connectivity index is 1.58. The lowest BCUT2D eigenvalue weighted by Gasteiger charge is -2.48. The number of rotatable bonds is 2. The standard InChI is InChI=1S/C16H22N2O/c1-2-12-11-19-16-10-18(8-5-14(12)16)15-9-17-6-3-13(15)4-7-17/h5,8,10,13,15H,2-4,6-7,9,11H2,1H3/t15-/m1/s1. The molecule has 2 bridgehead atoms. The monoisotopic (exact) mass is 258 g/mol. The molecule has 3 fully saturated rings. The lowest BCUT2D eigenvalue weighted by molar-refractivity contribution is 0.0399. The Morgan fingerprint density at radius 1 is 1.32 bits per heavy atom. The van der Waals surface area contributed by atoms with Crippen molar-refractivity contribution in [3.63, 3.8) is 0 Å². The van der Waals surface area contributed by atoms with Gasteiger partial charge in [0.2, 0.25) is 0 Å². The van der Waals surface area contributed by atoms with E-state index < -0.39 is 0 Å². The van der Waals surface area contributed by atoms with Crippen molar-refractivity contribution in [3.05, 3.63) is 35.4 Å². The van der Waals surface area contributed by atoms with Gasteiger partial charge in [0.05, 0.1) is 0 Å². The van der Waals surface area contributed by atoms with Gasteiger partial charge in [-0.15, -0.1) is 0 Å². The molecule has 3 heteroatoms. The SMILES string of the molecule is CCC1=C2C=CN([C@@H]3CN4CCC3CC4)C=C2OC1. The van der Waals surface area contributed by atoms with Gasteiger partial charge in [0.15, 0.2) is 0 Å². The molecule has 5 aliphatic rings. The van der Waals surface area contributed by atoms with E-state index in [9.17, 15) is 0 Å². The molecule has 0 N–H and O–H groups in total. The number of allylic oxidation sites excluding steroid dienone is 1. The zero-order valence-corrected chi connectivity index (χ0v) is 11.6. The van der Waals surface area contributed by atoms with Crippen LogP contribution in [0, 0.1) is 5.92 Å². The Bertz CT molecular complexity index is 469. The second-order valence-corrected chi connectivity index (χ2v) is 6.12. The zero-order chi connectivity index (χ0) is 12.8. The number of fused-ring (bicyclic) bond motifs is 4. The van der Waals surface area contributed by atoms with Gasteiger partial charge in [0.25, 0.3) is 0 Å². The molecule has 5 heterocycles. The number of hydrogen-bond acceptors (Lipinski definition) is 3. The molecular weight excluding hydrogens is 236 g/mol. The minimum absolute atomic E-state index is 0.655. The van der Waals surface area contributed by atoms with E-state index in [1.807, 2.05) is 0 Å². The Morgan fingerprint density at radius 2 is 2.16 bits per heavy atom. The predicted octanol–water partition coefficient (Wildman–Crippen LogP) is 2.49. The average Bonchev–Trinajstić information content (AvgIpc) is 2.90. The van der Waals surface area contributed by atoms with Crippen molar-refractivity contribution in [2.24, 2.45) is 5.92 Å². The third-order valence-corrected chi connectivity index (χ3v) is 5.16. The maximum atomic E-state index is 5.84. The summed E-state index contributed by atoms with van der Waals surface area (Å²) in [5.41, 5.74) is 2.77. The molecule has 3 nitrogen and oxygen atoms in total. The van der Waals surface area contributed by atoms with Crippen molar-refractivity contribution in [1.29, 1.82) is 0 Å². The Kier molecular flexibility index (Phi) is 2.69. The zero-order valence-electron chi connectivity index (χ0n) is 11.6. The summed E-state index contributed by atoms with van der Waals surface area (Å²) in [4.78, 5) is 5.02. The van der Waals surface area contributed by atoms with E-state index in [0.717, 1.165) is 24.7 Å². The topological polar surface area (TPSA) is 15.7 Å². The van der Waals surface area contributed by atoms with E-state index in [2.05, 4.69) is 35.2 Å². The van der Waals surface area contributed by atoms with Crippen LogP contribution in [0.25, 0.3) is 0 Å². The molecule has 0 radical (unpaired) electrons. The highest BCUT2D eigenvalue weighted by atomic mass is 16.5. The molecule has 3 saturated heterocycles. The van der Waals surface area contributed by atoms with Crippen LogP contribution in [0.4, 0.5) is 0 Å². The summed E-state index contributed by atoms with van der Waals surface area (Å²) >= 11 is 0. The molecule has 5 aliphatic heterocycles. The highest BCUT2D eigenvalue weighted by molar-refractivity contribution is 5.46. The largest absolute Gasteiger partial charge is 0.487 e. The third kappa shape index (κ3) is 1.83. The minimum atomic E-state index is 0.655. The summed E-state index contributed by atoms with van der Waals surface area (Å²) in [6, 6.07) is 0.655. The summed E-state index contributed by atoms with van der Waals surface area (Å²) in [7, 11) is 0. The van der Waals surface area contributed by atoms with E-state index >= 15 is 0 Å². The van der Waals surface area contributed by atoms with Crippen LogP contribution in [0.1, 0.15) is 26.2 Å². The fourth-order valence-electron chi connectivity index (χ4n) is 3.91. The van der Waals surface area contributed by atoms with Crippen LogP contribution in [0.15, 0.2) is 35.4 Å². The Morgan fingerprint density at radius 3 is 2.84 bits per heavy atom. The van der Waals surface area contributed by atoms with Crippen molar-refractivity contribution in [1.82, 2.24) is 9.80 Å². The van der Waals surface area contributed by atoms with Gasteiger partial charge < -0.3 is 14.5 Å². The van der Waals surface area contributed by atoms with Crippen LogP contribution in [-0.2, 0) is 4.74 Å². The molecule has 1 atom stereocenters. The molecule has 0 aromatic carbocycles. The van der Waals surface area contributed by atoms with Crippen LogP contribution in [0.2, 0.25) is 0 Å². The summed E-state index contributed by atoms with van der Waals surface area (Å²) < 4.78 is 5.84. The second-order valence-electron chi connectivity index (χ2n) is 6.12. The van der Waals surface area contributed by atoms with E-state index in [1.165, 1.54) is 43.6 Å². The molecule has 0 spiro atoms. The summed E-state index contributed by atoms with van der Waals surface area (Å²) in [5, 5.41) is 0. The van der Waals surface area contributed by atoms with E-state index in [-0.39, 0.29) is 0 Å². The fourth-order valence-corrected chi connectivity index (χ4v) is 3.91. The van der Waals surface area contributed by atoms with Gasteiger partial charge >= 0.3 is 0 Å². The van der Waals surface area contributed by atoms with Crippen LogP contribution >= 0.6 is 0 Å². The highest BCUT2D eigenvalue weighted by Crippen LogP contribution is 2.36. The van der Waals surface area contributed by atoms with Crippen LogP contribution in [-0.4, -0.2) is 42.1 Å². The van der Waals surface area contributed by atoms with Crippen LogP contribution in [0.3, 0.4) is 0 Å². The van der Waals surface area contributed by atoms with Crippen LogP contribution in [0.5, 0.6) is 0 Å². The Hall–Kier alpha value is -1.22. The van der Waals surface area contributed by atoms with E-state index in [0.29, 0.717) is 6.04 Å². The van der Waals surface area contributed by atoms with Gasteiger partial charge in [-0.2, -0.15) is 0 Å². The fraction of sp³-hybridized carbons (Fsp3) is 0.625. The highest BCUT2D eigenvalue weighted by Gasteiger charge is 2.37. The third-order valence-electron chi connectivity index (χ3n) is 5.16. The molecule has 5 rings (SSSR count). The first-order valence-electron chi connectivity index (χ1n) is 7.60. The molecule has 0 unspecified atom stereocenters. The van der Waals surface area contributed by atoms with Gasteiger partial charge in [-0.3, -0.25) is 0 Å². The van der Waals surface area contributed by atoms with Gasteiger partial charge in [0, 0.05) is 30.6 Å². The molecule has 0 saturated carbocycles. The lowest BCUT2D eigenvalue weighted by atomic mass is 9.83. The number of piperidine rings is 3. The molecular formula is C16H22N2O. The molecule has 0 aromatic rings. The van der Waals surface area contributed by atoms with Crippen molar-refractivity contribution in [2.75, 3.05) is 26.2 Å². The van der Waals surface area contributed by atoms with Crippen molar-refractivity contribution in [3.8, 4) is 0 Å². The van der Waals surface area contributed by atoms with Crippen LogP contribution < -0.4 is 0 Å². The Labute approximate surface area is 115 Å². The van der Waals surface area contributed by atoms with Crippen molar-refractivity contribution in [2.45, 2.75) is 32.2 Å². The predicted molar refractivity (Wildman–Crippen MR) is 75.3 cm³/mol. The summed E-state index contributed by atoms with van der Waals surface area (Å²) in [6.45, 7) is 6.82. The maximum Gasteiger partial charge on any atom is 0.143 e. The first-order chi connectivity index (χ1) is 9.35. The normalized spacial score (nSPS) is 36.4. The summed E-state index contributed by atoms with van der Waals surface area (Å²) in [5.74, 6) is 1.96. The first-order valence-corrected chi connectivity index (χ1v) is 7.60. The summed E-state index contributed by atoms with van der Waals surface area (Å²) in [6.07, 6.45) is 10.6. The van der Waals surface area contributed by atoms with E-state index in [4.69, 9.17) is 4.74 Å². The van der Waals surface area contributed by atoms with Crippen molar-refractivity contribution < 1.29 is 4.74 Å². The smallest absolute Gasteiger partial charge is 0.143 e. The average molecular weight is 258 g/mol. The van der Waals surface area contributed by atoms with Crippen molar-refractivity contribution >= 4 is 0 Å². The van der Waals surface area contributed by atoms with Gasteiger partial charge in [0.1, 0.15) is 12.4 Å². The maximum absolute atomic E-state index is 5.84. The van der Waals surface area contributed by atoms with E-state index in [1.54, 1.807) is 0 Å². The number of nitrogens with zero attached hydrogens (tertiary/aromatic N) is 2. The molecule has 19 heavy (non-hydrogen) atoms. The quantitative estimate of drug-likeness (QED) is 0.757. The molecule has 0 aliphatic carbocycles. The molecule has 0 aromatic heterocycles. The first kappa shape index (κ1) is 11.6. The van der Waals surface area contributed by atoms with Gasteiger partial charge in [-0.05, 0) is 49.9 Å². The molecule has 0 amide bonds. The minimum Gasteiger partial charge on any atom is -0.487 e. The second kappa shape index (κ2) is 4.41. The lowest BCUT2D eigenvalue weighted by Crippen LogP contribution is -2.55. The van der Waals surface area contributed by atoms with Gasteiger partial charge in [-0.1, -0.05) is 6.92 Å². The van der Waals surface area contributed by atoms with Gasteiger partial charge in [-0.25, -0.2) is 0 Å². The number of ether oxygens (including phenoxy) is 1. The number of hydrogen-bond donors (Lipinski definition) is 0. The molecule has 102 valence electrons.